The molecule has 1 unspecified atom stereocenters. The molecule has 1 aliphatic heterocycles. The highest BCUT2D eigenvalue weighted by Gasteiger charge is 2.27. The molecule has 1 heterocycles. The Balaban J connectivity index is 2.46. The fourth-order valence-electron chi connectivity index (χ4n) is 2.11. The van der Waals surface area contributed by atoms with Crippen molar-refractivity contribution in [2.75, 3.05) is 13.1 Å². The molecular formula is C14H28N2O. The summed E-state index contributed by atoms with van der Waals surface area (Å²) in [5, 5.41) is 3.13. The van der Waals surface area contributed by atoms with Gasteiger partial charge in [-0.2, -0.15) is 0 Å². The van der Waals surface area contributed by atoms with E-state index in [9.17, 15) is 4.79 Å². The summed E-state index contributed by atoms with van der Waals surface area (Å²) in [5.74, 6) is 0.986. The first-order chi connectivity index (χ1) is 7.85. The van der Waals surface area contributed by atoms with Gasteiger partial charge in [-0.1, -0.05) is 13.8 Å². The molecule has 1 rings (SSSR count). The number of amides is 1. The maximum Gasteiger partial charge on any atom is 0.237 e. The van der Waals surface area contributed by atoms with Crippen LogP contribution in [0.5, 0.6) is 0 Å². The van der Waals surface area contributed by atoms with E-state index in [2.05, 4.69) is 37.9 Å². The summed E-state index contributed by atoms with van der Waals surface area (Å²) >= 11 is 0. The Morgan fingerprint density at radius 3 is 2.41 bits per heavy atom. The number of rotatable bonds is 4. The van der Waals surface area contributed by atoms with Crippen LogP contribution in [-0.4, -0.2) is 35.5 Å². The van der Waals surface area contributed by atoms with Crippen LogP contribution in [0.25, 0.3) is 0 Å². The van der Waals surface area contributed by atoms with Crippen LogP contribution in [0, 0.1) is 5.92 Å². The van der Waals surface area contributed by atoms with Crippen molar-refractivity contribution in [3.05, 3.63) is 0 Å². The molecule has 100 valence electrons. The number of hydrogen-bond acceptors (Lipinski definition) is 2. The van der Waals surface area contributed by atoms with Gasteiger partial charge >= 0.3 is 0 Å². The number of nitrogens with one attached hydrogen (secondary N) is 1. The average molecular weight is 240 g/mol. The third-order valence-corrected chi connectivity index (χ3v) is 4.09. The molecule has 0 spiro atoms. The summed E-state index contributed by atoms with van der Waals surface area (Å²) in [5.41, 5.74) is -0.0889. The lowest BCUT2D eigenvalue weighted by molar-refractivity contribution is -0.128. The molecule has 0 saturated carbocycles. The van der Waals surface area contributed by atoms with Crippen molar-refractivity contribution in [2.45, 2.75) is 65.5 Å². The zero-order chi connectivity index (χ0) is 13.1. The lowest BCUT2D eigenvalue weighted by Gasteiger charge is -2.36. The largest absolute Gasteiger partial charge is 0.350 e. The maximum absolute atomic E-state index is 12.1. The number of likely N-dealkylation sites (tertiary alicyclic amines) is 1. The van der Waals surface area contributed by atoms with E-state index < -0.39 is 0 Å². The molecular weight excluding hydrogens is 212 g/mol. The summed E-state index contributed by atoms with van der Waals surface area (Å²) in [7, 11) is 0. The van der Waals surface area contributed by atoms with E-state index in [1.54, 1.807) is 0 Å². The zero-order valence-corrected chi connectivity index (χ0v) is 12.0. The van der Waals surface area contributed by atoms with Crippen LogP contribution in [-0.2, 0) is 4.79 Å². The van der Waals surface area contributed by atoms with Crippen molar-refractivity contribution in [1.29, 1.82) is 0 Å². The Hall–Kier alpha value is -0.570. The first kappa shape index (κ1) is 14.5. The van der Waals surface area contributed by atoms with E-state index in [-0.39, 0.29) is 17.5 Å². The lowest BCUT2D eigenvalue weighted by Crippen LogP contribution is -2.53. The topological polar surface area (TPSA) is 32.3 Å². The molecule has 3 nitrogen and oxygen atoms in total. The van der Waals surface area contributed by atoms with Crippen molar-refractivity contribution in [2.24, 2.45) is 5.92 Å². The molecule has 17 heavy (non-hydrogen) atoms. The monoisotopic (exact) mass is 240 g/mol. The first-order valence-electron chi connectivity index (χ1n) is 6.92. The molecule has 0 aromatic rings. The predicted octanol–water partition coefficient (Wildman–Crippen LogP) is 2.41. The van der Waals surface area contributed by atoms with Crippen LogP contribution in [0.1, 0.15) is 53.9 Å². The summed E-state index contributed by atoms with van der Waals surface area (Å²) in [6.07, 6.45) is 3.39. The molecule has 1 aliphatic rings. The molecule has 1 saturated heterocycles. The molecule has 1 fully saturated rings. The van der Waals surface area contributed by atoms with E-state index in [1.807, 2.05) is 6.92 Å². The Morgan fingerprint density at radius 2 is 1.94 bits per heavy atom. The minimum atomic E-state index is -0.0889. The zero-order valence-electron chi connectivity index (χ0n) is 12.0. The fraction of sp³-hybridized carbons (Fsp3) is 0.929. The molecule has 0 aromatic carbocycles. The quantitative estimate of drug-likeness (QED) is 0.818. The van der Waals surface area contributed by atoms with Gasteiger partial charge in [0.15, 0.2) is 0 Å². The molecule has 1 amide bonds. The van der Waals surface area contributed by atoms with Crippen LogP contribution in [0.2, 0.25) is 0 Å². The normalized spacial score (nSPS) is 21.2. The molecule has 3 heteroatoms. The molecule has 1 N–H and O–H groups in total. The van der Waals surface area contributed by atoms with Crippen LogP contribution < -0.4 is 5.32 Å². The number of carbonyl (C=O) groups excluding carboxylic acids is 1. The van der Waals surface area contributed by atoms with Gasteiger partial charge in [-0.15, -0.1) is 0 Å². The Morgan fingerprint density at radius 1 is 1.41 bits per heavy atom. The Bertz CT molecular complexity index is 255. The number of nitrogens with zero attached hydrogens (tertiary/aromatic N) is 1. The standard InChI is InChI=1S/C14H28N2O/c1-6-14(4,5)15-13(17)12(3)16-9-7-11(2)8-10-16/h11-12H,6-10H2,1-5H3,(H,15,17). The maximum atomic E-state index is 12.1. The van der Waals surface area contributed by atoms with E-state index >= 15 is 0 Å². The second kappa shape index (κ2) is 5.85. The second-order valence-electron chi connectivity index (χ2n) is 6.12. The van der Waals surface area contributed by atoms with Gasteiger partial charge in [0.2, 0.25) is 5.91 Å². The Kier molecular flexibility index (Phi) is 4.99. The van der Waals surface area contributed by atoms with Gasteiger partial charge in [0.05, 0.1) is 6.04 Å². The number of carbonyl (C=O) groups is 1. The SMILES string of the molecule is CCC(C)(C)NC(=O)C(C)N1CCC(C)CC1. The average Bonchev–Trinajstić information content (AvgIpc) is 2.28. The summed E-state index contributed by atoms with van der Waals surface area (Å²) in [4.78, 5) is 14.5. The molecule has 0 aromatic heterocycles. The molecule has 0 radical (unpaired) electrons. The van der Waals surface area contributed by atoms with Gasteiger partial charge in [-0.05, 0) is 59.0 Å². The van der Waals surface area contributed by atoms with Crippen molar-refractivity contribution in [3.8, 4) is 0 Å². The smallest absolute Gasteiger partial charge is 0.237 e. The second-order valence-corrected chi connectivity index (χ2v) is 6.12. The minimum Gasteiger partial charge on any atom is -0.350 e. The van der Waals surface area contributed by atoms with E-state index in [0.717, 1.165) is 25.4 Å². The third-order valence-electron chi connectivity index (χ3n) is 4.09. The highest BCUT2D eigenvalue weighted by molar-refractivity contribution is 5.82. The van der Waals surface area contributed by atoms with Crippen LogP contribution in [0.3, 0.4) is 0 Å². The third kappa shape index (κ3) is 4.30. The molecule has 0 bridgehead atoms. The van der Waals surface area contributed by atoms with Crippen LogP contribution >= 0.6 is 0 Å². The van der Waals surface area contributed by atoms with Gasteiger partial charge in [0.1, 0.15) is 0 Å². The summed E-state index contributed by atoms with van der Waals surface area (Å²) < 4.78 is 0. The predicted molar refractivity (Wildman–Crippen MR) is 71.9 cm³/mol. The van der Waals surface area contributed by atoms with Gasteiger partial charge in [0.25, 0.3) is 0 Å². The lowest BCUT2D eigenvalue weighted by atomic mass is 9.97. The van der Waals surface area contributed by atoms with Gasteiger partial charge < -0.3 is 5.32 Å². The first-order valence-corrected chi connectivity index (χ1v) is 6.92. The molecule has 1 atom stereocenters. The number of piperidine rings is 1. The van der Waals surface area contributed by atoms with E-state index in [1.165, 1.54) is 12.8 Å². The van der Waals surface area contributed by atoms with Crippen LogP contribution in [0.15, 0.2) is 0 Å². The number of hydrogen-bond donors (Lipinski definition) is 1. The van der Waals surface area contributed by atoms with Crippen molar-refractivity contribution >= 4 is 5.91 Å². The fourth-order valence-corrected chi connectivity index (χ4v) is 2.11. The van der Waals surface area contributed by atoms with E-state index in [0.29, 0.717) is 0 Å². The minimum absolute atomic E-state index is 0.00771. The van der Waals surface area contributed by atoms with E-state index in [4.69, 9.17) is 0 Å². The highest BCUT2D eigenvalue weighted by Crippen LogP contribution is 2.18. The van der Waals surface area contributed by atoms with Gasteiger partial charge in [-0.3, -0.25) is 9.69 Å². The highest BCUT2D eigenvalue weighted by atomic mass is 16.2. The Labute approximate surface area is 106 Å². The molecule has 0 aliphatic carbocycles. The van der Waals surface area contributed by atoms with Gasteiger partial charge in [0, 0.05) is 5.54 Å². The van der Waals surface area contributed by atoms with Crippen molar-refractivity contribution in [1.82, 2.24) is 10.2 Å². The van der Waals surface area contributed by atoms with Crippen molar-refractivity contribution in [3.63, 3.8) is 0 Å². The van der Waals surface area contributed by atoms with Crippen LogP contribution in [0.4, 0.5) is 0 Å². The van der Waals surface area contributed by atoms with Gasteiger partial charge in [-0.25, -0.2) is 0 Å². The summed E-state index contributed by atoms with van der Waals surface area (Å²) in [6.45, 7) is 12.7. The van der Waals surface area contributed by atoms with Crippen molar-refractivity contribution < 1.29 is 4.79 Å². The summed E-state index contributed by atoms with van der Waals surface area (Å²) in [6, 6.07) is 0.00771.